The van der Waals surface area contributed by atoms with Crippen molar-refractivity contribution in [3.8, 4) is 0 Å². The van der Waals surface area contributed by atoms with E-state index in [0.29, 0.717) is 10.6 Å². The largest absolute Gasteiger partial charge is 0.352 e. The van der Waals surface area contributed by atoms with Crippen LogP contribution in [0.2, 0.25) is 5.02 Å². The van der Waals surface area contributed by atoms with Crippen LogP contribution in [0.25, 0.3) is 0 Å². The second kappa shape index (κ2) is 7.72. The van der Waals surface area contributed by atoms with Gasteiger partial charge in [-0.25, -0.2) is 0 Å². The number of benzene rings is 1. The molecule has 4 heteroatoms. The summed E-state index contributed by atoms with van der Waals surface area (Å²) in [5.74, 6) is -0.0509. The van der Waals surface area contributed by atoms with Crippen LogP contribution in [0.4, 0.5) is 0 Å². The van der Waals surface area contributed by atoms with Gasteiger partial charge >= 0.3 is 0 Å². The molecular formula is C13H17BrClNO. The second-order valence-corrected chi connectivity index (χ2v) is 5.23. The van der Waals surface area contributed by atoms with E-state index < -0.39 is 0 Å². The third-order valence-corrected chi connectivity index (χ3v) is 3.38. The molecule has 1 aromatic rings. The molecule has 2 nitrogen and oxygen atoms in total. The first kappa shape index (κ1) is 14.5. The van der Waals surface area contributed by atoms with Crippen molar-refractivity contribution in [1.29, 1.82) is 0 Å². The Labute approximate surface area is 116 Å². The molecule has 0 atom stereocenters. The van der Waals surface area contributed by atoms with Crippen LogP contribution in [-0.2, 0) is 0 Å². The molecule has 0 aliphatic heterocycles. The topological polar surface area (TPSA) is 29.1 Å². The predicted molar refractivity (Wildman–Crippen MR) is 75.6 cm³/mol. The lowest BCUT2D eigenvalue weighted by Gasteiger charge is -2.06. The molecule has 0 bridgehead atoms. The maximum Gasteiger partial charge on any atom is 0.252 e. The van der Waals surface area contributed by atoms with Crippen LogP contribution in [0.3, 0.4) is 0 Å². The van der Waals surface area contributed by atoms with Gasteiger partial charge in [-0.05, 0) is 40.5 Å². The van der Waals surface area contributed by atoms with Crippen LogP contribution in [0.15, 0.2) is 22.7 Å². The van der Waals surface area contributed by atoms with Crippen LogP contribution < -0.4 is 5.32 Å². The van der Waals surface area contributed by atoms with Gasteiger partial charge in [-0.15, -0.1) is 0 Å². The lowest BCUT2D eigenvalue weighted by atomic mass is 10.2. The van der Waals surface area contributed by atoms with E-state index in [0.717, 1.165) is 17.4 Å². The number of halogens is 2. The summed E-state index contributed by atoms with van der Waals surface area (Å²) < 4.78 is 0.732. The summed E-state index contributed by atoms with van der Waals surface area (Å²) in [5, 5.41) is 3.53. The zero-order valence-corrected chi connectivity index (χ0v) is 12.3. The van der Waals surface area contributed by atoms with Crippen molar-refractivity contribution in [2.75, 3.05) is 6.54 Å². The molecule has 94 valence electrons. The number of hydrogen-bond acceptors (Lipinski definition) is 1. The van der Waals surface area contributed by atoms with E-state index >= 15 is 0 Å². The quantitative estimate of drug-likeness (QED) is 0.773. The summed E-state index contributed by atoms with van der Waals surface area (Å²) >= 11 is 9.16. The summed E-state index contributed by atoms with van der Waals surface area (Å²) in [4.78, 5) is 11.8. The fraction of sp³-hybridized carbons (Fsp3) is 0.462. The van der Waals surface area contributed by atoms with Crippen LogP contribution >= 0.6 is 27.5 Å². The third kappa shape index (κ3) is 5.09. The molecule has 0 saturated heterocycles. The third-order valence-electron chi connectivity index (χ3n) is 2.49. The minimum absolute atomic E-state index is 0.0509. The van der Waals surface area contributed by atoms with Crippen molar-refractivity contribution >= 4 is 33.4 Å². The zero-order valence-electron chi connectivity index (χ0n) is 9.93. The van der Waals surface area contributed by atoms with E-state index in [1.165, 1.54) is 19.3 Å². The van der Waals surface area contributed by atoms with Gasteiger partial charge in [-0.3, -0.25) is 4.79 Å². The number of hydrogen-bond donors (Lipinski definition) is 1. The average Bonchev–Trinajstić information content (AvgIpc) is 2.28. The SMILES string of the molecule is CCCCCCNC(=O)c1ccc(Cl)cc1Br. The Balaban J connectivity index is 2.42. The maximum absolute atomic E-state index is 11.8. The monoisotopic (exact) mass is 317 g/mol. The number of nitrogens with one attached hydrogen (secondary N) is 1. The standard InChI is InChI=1S/C13H17BrClNO/c1-2-3-4-5-8-16-13(17)11-7-6-10(15)9-12(11)14/h6-7,9H,2-5,8H2,1H3,(H,16,17). The van der Waals surface area contributed by atoms with E-state index in [1.807, 2.05) is 0 Å². The number of carbonyl (C=O) groups excluding carboxylic acids is 1. The first-order valence-electron chi connectivity index (χ1n) is 5.88. The van der Waals surface area contributed by atoms with E-state index in [2.05, 4.69) is 28.2 Å². The van der Waals surface area contributed by atoms with E-state index in [9.17, 15) is 4.79 Å². The molecule has 0 aromatic heterocycles. The molecule has 0 aliphatic carbocycles. The Morgan fingerprint density at radius 3 is 2.76 bits per heavy atom. The molecule has 17 heavy (non-hydrogen) atoms. The highest BCUT2D eigenvalue weighted by atomic mass is 79.9. The Morgan fingerprint density at radius 1 is 1.35 bits per heavy atom. The van der Waals surface area contributed by atoms with Crippen molar-refractivity contribution < 1.29 is 4.79 Å². The van der Waals surface area contributed by atoms with Crippen molar-refractivity contribution in [3.05, 3.63) is 33.3 Å². The van der Waals surface area contributed by atoms with Gasteiger partial charge in [0.2, 0.25) is 0 Å². The predicted octanol–water partition coefficient (Wildman–Crippen LogP) is 4.41. The van der Waals surface area contributed by atoms with Crippen LogP contribution in [0, 0.1) is 0 Å². The Morgan fingerprint density at radius 2 is 2.12 bits per heavy atom. The molecule has 1 N–H and O–H groups in total. The highest BCUT2D eigenvalue weighted by Gasteiger charge is 2.09. The number of carbonyl (C=O) groups is 1. The summed E-state index contributed by atoms with van der Waals surface area (Å²) in [6, 6.07) is 5.18. The highest BCUT2D eigenvalue weighted by Crippen LogP contribution is 2.21. The number of amides is 1. The normalized spacial score (nSPS) is 10.3. The lowest BCUT2D eigenvalue weighted by Crippen LogP contribution is -2.24. The fourth-order valence-corrected chi connectivity index (χ4v) is 2.39. The molecule has 0 unspecified atom stereocenters. The van der Waals surface area contributed by atoms with Gasteiger partial charge in [-0.1, -0.05) is 37.8 Å². The molecule has 0 fully saturated rings. The minimum atomic E-state index is -0.0509. The Bertz CT molecular complexity index is 382. The van der Waals surface area contributed by atoms with Gasteiger partial charge in [0, 0.05) is 16.0 Å². The average molecular weight is 319 g/mol. The summed E-state index contributed by atoms with van der Waals surface area (Å²) in [7, 11) is 0. The van der Waals surface area contributed by atoms with Crippen molar-refractivity contribution in [2.24, 2.45) is 0 Å². The lowest BCUT2D eigenvalue weighted by molar-refractivity contribution is 0.0952. The first-order chi connectivity index (χ1) is 8.15. The van der Waals surface area contributed by atoms with Crippen molar-refractivity contribution in [2.45, 2.75) is 32.6 Å². The maximum atomic E-state index is 11.8. The summed E-state index contributed by atoms with van der Waals surface area (Å²) in [6.07, 6.45) is 4.63. The number of rotatable bonds is 6. The summed E-state index contributed by atoms with van der Waals surface area (Å²) in [6.45, 7) is 2.90. The van der Waals surface area contributed by atoms with E-state index in [4.69, 9.17) is 11.6 Å². The van der Waals surface area contributed by atoms with Crippen LogP contribution in [-0.4, -0.2) is 12.5 Å². The minimum Gasteiger partial charge on any atom is -0.352 e. The fourth-order valence-electron chi connectivity index (χ4n) is 1.52. The van der Waals surface area contributed by atoms with Gasteiger partial charge in [-0.2, -0.15) is 0 Å². The molecule has 0 radical (unpaired) electrons. The molecule has 1 rings (SSSR count). The van der Waals surface area contributed by atoms with Crippen molar-refractivity contribution in [3.63, 3.8) is 0 Å². The molecule has 0 saturated carbocycles. The van der Waals surface area contributed by atoms with Gasteiger partial charge in [0.1, 0.15) is 0 Å². The first-order valence-corrected chi connectivity index (χ1v) is 7.05. The van der Waals surface area contributed by atoms with Crippen LogP contribution in [0.5, 0.6) is 0 Å². The molecule has 1 aromatic carbocycles. The molecule has 0 spiro atoms. The molecule has 0 heterocycles. The molecule has 1 amide bonds. The van der Waals surface area contributed by atoms with E-state index in [1.54, 1.807) is 18.2 Å². The van der Waals surface area contributed by atoms with Crippen LogP contribution in [0.1, 0.15) is 43.0 Å². The number of unbranched alkanes of at least 4 members (excludes halogenated alkanes) is 3. The Hall–Kier alpha value is -0.540. The van der Waals surface area contributed by atoms with E-state index in [-0.39, 0.29) is 5.91 Å². The molecule has 0 aliphatic rings. The van der Waals surface area contributed by atoms with Gasteiger partial charge < -0.3 is 5.32 Å². The zero-order chi connectivity index (χ0) is 12.7. The van der Waals surface area contributed by atoms with Gasteiger partial charge in [0.15, 0.2) is 0 Å². The van der Waals surface area contributed by atoms with Gasteiger partial charge in [0.05, 0.1) is 5.56 Å². The smallest absolute Gasteiger partial charge is 0.252 e. The second-order valence-electron chi connectivity index (χ2n) is 3.94. The summed E-state index contributed by atoms with van der Waals surface area (Å²) in [5.41, 5.74) is 0.630. The Kier molecular flexibility index (Phi) is 6.60. The van der Waals surface area contributed by atoms with Crippen molar-refractivity contribution in [1.82, 2.24) is 5.32 Å². The molecular weight excluding hydrogens is 302 g/mol. The highest BCUT2D eigenvalue weighted by molar-refractivity contribution is 9.10. The van der Waals surface area contributed by atoms with Gasteiger partial charge in [0.25, 0.3) is 5.91 Å².